The van der Waals surface area contributed by atoms with Gasteiger partial charge in [-0.2, -0.15) is 0 Å². The van der Waals surface area contributed by atoms with Crippen LogP contribution < -0.4 is 5.32 Å². The summed E-state index contributed by atoms with van der Waals surface area (Å²) in [7, 11) is 0. The van der Waals surface area contributed by atoms with Crippen LogP contribution in [0.25, 0.3) is 0 Å². The molecule has 2 aromatic rings. The lowest BCUT2D eigenvalue weighted by Gasteiger charge is -2.20. The van der Waals surface area contributed by atoms with Gasteiger partial charge < -0.3 is 10.4 Å². The Morgan fingerprint density at radius 3 is 2.90 bits per heavy atom. The summed E-state index contributed by atoms with van der Waals surface area (Å²) in [6.45, 7) is 0. The Labute approximate surface area is 120 Å². The van der Waals surface area contributed by atoms with Gasteiger partial charge in [0.05, 0.1) is 11.0 Å². The SMILES string of the molecule is O=C(O)c1cnc2c(c1)C[C@@]1(C2)C(=O)Nc2ccccc21. The number of hydrogen-bond acceptors (Lipinski definition) is 3. The molecule has 0 fully saturated rings. The van der Waals surface area contributed by atoms with Gasteiger partial charge in [-0.05, 0) is 29.7 Å². The highest BCUT2D eigenvalue weighted by Gasteiger charge is 2.50. The van der Waals surface area contributed by atoms with E-state index >= 15 is 0 Å². The maximum absolute atomic E-state index is 12.5. The van der Waals surface area contributed by atoms with Gasteiger partial charge in [-0.1, -0.05) is 18.2 Å². The van der Waals surface area contributed by atoms with Crippen LogP contribution in [0.15, 0.2) is 36.5 Å². The molecule has 1 aromatic carbocycles. The van der Waals surface area contributed by atoms with Crippen LogP contribution in [0.4, 0.5) is 5.69 Å². The number of benzene rings is 1. The van der Waals surface area contributed by atoms with Crippen molar-refractivity contribution in [2.24, 2.45) is 0 Å². The Hall–Kier alpha value is -2.69. The van der Waals surface area contributed by atoms with Crippen molar-refractivity contribution in [1.82, 2.24) is 4.98 Å². The molecule has 1 aliphatic carbocycles. The fourth-order valence-electron chi connectivity index (χ4n) is 3.37. The van der Waals surface area contributed by atoms with Crippen LogP contribution in [0.5, 0.6) is 0 Å². The van der Waals surface area contributed by atoms with E-state index in [-0.39, 0.29) is 11.5 Å². The molecule has 0 unspecified atom stereocenters. The number of anilines is 1. The molecule has 5 nitrogen and oxygen atoms in total. The minimum atomic E-state index is -0.998. The topological polar surface area (TPSA) is 79.3 Å². The summed E-state index contributed by atoms with van der Waals surface area (Å²) >= 11 is 0. The van der Waals surface area contributed by atoms with Crippen molar-refractivity contribution in [3.63, 3.8) is 0 Å². The van der Waals surface area contributed by atoms with Crippen molar-refractivity contribution in [2.75, 3.05) is 5.32 Å². The molecule has 1 spiro atoms. The van der Waals surface area contributed by atoms with Crippen molar-refractivity contribution < 1.29 is 14.7 Å². The number of carbonyl (C=O) groups excluding carboxylic acids is 1. The third-order valence-corrected chi connectivity index (χ3v) is 4.39. The van der Waals surface area contributed by atoms with Crippen LogP contribution in [0, 0.1) is 0 Å². The summed E-state index contributed by atoms with van der Waals surface area (Å²) in [5.41, 5.74) is 3.01. The molecule has 1 amide bonds. The molecule has 2 heterocycles. The maximum Gasteiger partial charge on any atom is 0.337 e. The third-order valence-electron chi connectivity index (χ3n) is 4.39. The quantitative estimate of drug-likeness (QED) is 0.834. The van der Waals surface area contributed by atoms with Crippen LogP contribution in [0.3, 0.4) is 0 Å². The highest BCUT2D eigenvalue weighted by molar-refractivity contribution is 6.07. The van der Waals surface area contributed by atoms with E-state index in [9.17, 15) is 9.59 Å². The molecule has 0 bridgehead atoms. The van der Waals surface area contributed by atoms with Crippen LogP contribution in [-0.2, 0) is 23.1 Å². The van der Waals surface area contributed by atoms with Crippen LogP contribution in [0.1, 0.15) is 27.2 Å². The molecule has 0 radical (unpaired) electrons. The van der Waals surface area contributed by atoms with Crippen molar-refractivity contribution >= 4 is 17.6 Å². The number of nitrogens with zero attached hydrogens (tertiary/aromatic N) is 1. The van der Waals surface area contributed by atoms with Gasteiger partial charge in [-0.25, -0.2) is 4.79 Å². The summed E-state index contributed by atoms with van der Waals surface area (Å²) in [5.74, 6) is -1.03. The van der Waals surface area contributed by atoms with Crippen LogP contribution >= 0.6 is 0 Å². The number of hydrogen-bond donors (Lipinski definition) is 2. The maximum atomic E-state index is 12.5. The normalized spacial score (nSPS) is 22.0. The summed E-state index contributed by atoms with van der Waals surface area (Å²) in [6.07, 6.45) is 2.38. The summed E-state index contributed by atoms with van der Waals surface area (Å²) in [6, 6.07) is 9.28. The largest absolute Gasteiger partial charge is 0.478 e. The first-order chi connectivity index (χ1) is 10.1. The number of nitrogens with one attached hydrogen (secondary N) is 1. The zero-order chi connectivity index (χ0) is 14.6. The number of aromatic carboxylic acids is 1. The molecule has 2 aliphatic rings. The molecule has 1 aliphatic heterocycles. The Kier molecular flexibility index (Phi) is 2.25. The predicted octanol–water partition coefficient (Wildman–Crippen LogP) is 1.77. The zero-order valence-electron chi connectivity index (χ0n) is 11.1. The molecule has 4 rings (SSSR count). The van der Waals surface area contributed by atoms with Crippen LogP contribution in [-0.4, -0.2) is 22.0 Å². The monoisotopic (exact) mass is 280 g/mol. The standard InChI is InChI=1S/C16H12N2O3/c19-14(20)10-5-9-6-16(7-13(9)17-8-10)11-3-1-2-4-12(11)18-15(16)21/h1-5,8H,6-7H2,(H,18,21)(H,19,20)/t16-/m0/s1. The first-order valence-electron chi connectivity index (χ1n) is 6.72. The number of carboxylic acids is 1. The van der Waals surface area contributed by atoms with Gasteiger partial charge in [-0.3, -0.25) is 9.78 Å². The predicted molar refractivity (Wildman–Crippen MR) is 75.4 cm³/mol. The molecule has 21 heavy (non-hydrogen) atoms. The first-order valence-corrected chi connectivity index (χ1v) is 6.72. The number of carboxylic acid groups (broad SMARTS) is 1. The summed E-state index contributed by atoms with van der Waals surface area (Å²) in [5, 5.41) is 12.0. The first kappa shape index (κ1) is 12.1. The minimum Gasteiger partial charge on any atom is -0.478 e. The second-order valence-corrected chi connectivity index (χ2v) is 5.57. The third kappa shape index (κ3) is 1.54. The Balaban J connectivity index is 1.83. The van der Waals surface area contributed by atoms with E-state index in [2.05, 4.69) is 10.3 Å². The molecule has 2 N–H and O–H groups in total. The minimum absolute atomic E-state index is 0.0291. The lowest BCUT2D eigenvalue weighted by molar-refractivity contribution is -0.120. The van der Waals surface area contributed by atoms with E-state index in [0.717, 1.165) is 22.5 Å². The van der Waals surface area contributed by atoms with Gasteiger partial charge in [0.1, 0.15) is 0 Å². The molecule has 0 saturated heterocycles. The van der Waals surface area contributed by atoms with Gasteiger partial charge in [-0.15, -0.1) is 0 Å². The average Bonchev–Trinajstić information content (AvgIpc) is 2.98. The van der Waals surface area contributed by atoms with E-state index in [1.807, 2.05) is 24.3 Å². The van der Waals surface area contributed by atoms with Gasteiger partial charge in [0.25, 0.3) is 0 Å². The van der Waals surface area contributed by atoms with Crippen molar-refractivity contribution in [2.45, 2.75) is 18.3 Å². The fraction of sp³-hybridized carbons (Fsp3) is 0.188. The number of para-hydroxylation sites is 1. The summed E-state index contributed by atoms with van der Waals surface area (Å²) < 4.78 is 0. The molecule has 5 heteroatoms. The smallest absolute Gasteiger partial charge is 0.337 e. The lowest BCUT2D eigenvalue weighted by atomic mass is 9.79. The van der Waals surface area contributed by atoms with Crippen molar-refractivity contribution in [1.29, 1.82) is 0 Å². The molecule has 1 aromatic heterocycles. The molecule has 0 saturated carbocycles. The number of fused-ring (bicyclic) bond motifs is 3. The highest BCUT2D eigenvalue weighted by Crippen LogP contribution is 2.46. The van der Waals surface area contributed by atoms with E-state index in [1.54, 1.807) is 6.07 Å². The van der Waals surface area contributed by atoms with E-state index < -0.39 is 11.4 Å². The van der Waals surface area contributed by atoms with Gasteiger partial charge in [0, 0.05) is 24.0 Å². The highest BCUT2D eigenvalue weighted by atomic mass is 16.4. The second-order valence-electron chi connectivity index (χ2n) is 5.57. The number of pyridine rings is 1. The number of amides is 1. The number of rotatable bonds is 1. The van der Waals surface area contributed by atoms with Crippen molar-refractivity contribution in [3.8, 4) is 0 Å². The average molecular weight is 280 g/mol. The summed E-state index contributed by atoms with van der Waals surface area (Å²) in [4.78, 5) is 27.8. The molecule has 1 atom stereocenters. The zero-order valence-corrected chi connectivity index (χ0v) is 11.1. The van der Waals surface area contributed by atoms with Gasteiger partial charge in [0.2, 0.25) is 5.91 Å². The molecular weight excluding hydrogens is 268 g/mol. The van der Waals surface area contributed by atoms with E-state index in [0.29, 0.717) is 12.8 Å². The lowest BCUT2D eigenvalue weighted by Crippen LogP contribution is -2.35. The van der Waals surface area contributed by atoms with E-state index in [1.165, 1.54) is 6.20 Å². The van der Waals surface area contributed by atoms with E-state index in [4.69, 9.17) is 5.11 Å². The van der Waals surface area contributed by atoms with Crippen molar-refractivity contribution in [3.05, 3.63) is 58.9 Å². The Morgan fingerprint density at radius 1 is 1.29 bits per heavy atom. The molecular formula is C16H12N2O3. The number of carbonyl (C=O) groups is 2. The Morgan fingerprint density at radius 2 is 2.10 bits per heavy atom. The second kappa shape index (κ2) is 3.91. The Bertz CT molecular complexity index is 800. The van der Waals surface area contributed by atoms with Crippen LogP contribution in [0.2, 0.25) is 0 Å². The number of aromatic nitrogens is 1. The fourth-order valence-corrected chi connectivity index (χ4v) is 3.37. The molecule has 104 valence electrons. The van der Waals surface area contributed by atoms with Gasteiger partial charge in [0.15, 0.2) is 0 Å². The van der Waals surface area contributed by atoms with Gasteiger partial charge >= 0.3 is 5.97 Å².